The molecule has 86 valence electrons. The number of nitrogens with one attached hydrogen (secondary N) is 2. The van der Waals surface area contributed by atoms with Crippen molar-refractivity contribution >= 4 is 17.8 Å². The average molecular weight is 219 g/mol. The molecule has 0 saturated carbocycles. The minimum absolute atomic E-state index is 0.694. The van der Waals surface area contributed by atoms with Crippen molar-refractivity contribution < 1.29 is 4.79 Å². The van der Waals surface area contributed by atoms with Crippen LogP contribution in [0.3, 0.4) is 0 Å². The van der Waals surface area contributed by atoms with E-state index in [1.165, 1.54) is 19.3 Å². The Kier molecular flexibility index (Phi) is 3.77. The largest absolute Gasteiger partial charge is 0.329 e. The summed E-state index contributed by atoms with van der Waals surface area (Å²) < 4.78 is 0. The van der Waals surface area contributed by atoms with Gasteiger partial charge in [-0.05, 0) is 31.0 Å². The number of piperidine rings is 1. The molecule has 1 heterocycles. The normalized spacial score (nSPS) is 16.8. The maximum absolute atomic E-state index is 10.3. The zero-order valence-electron chi connectivity index (χ0n) is 9.28. The average Bonchev–Trinajstić information content (AvgIpc) is 2.31. The first-order chi connectivity index (χ1) is 7.88. The van der Waals surface area contributed by atoms with E-state index in [-0.39, 0.29) is 0 Å². The summed E-state index contributed by atoms with van der Waals surface area (Å²) in [6.45, 7) is 2.18. The summed E-state index contributed by atoms with van der Waals surface area (Å²) in [5.74, 6) is 0. The molecule has 1 fully saturated rings. The number of amides is 1. The molecule has 0 spiro atoms. The van der Waals surface area contributed by atoms with Gasteiger partial charge in [0.2, 0.25) is 6.41 Å². The first-order valence-corrected chi connectivity index (χ1v) is 5.70. The van der Waals surface area contributed by atoms with Gasteiger partial charge < -0.3 is 10.7 Å². The van der Waals surface area contributed by atoms with Crippen molar-refractivity contribution in [1.82, 2.24) is 5.01 Å². The summed E-state index contributed by atoms with van der Waals surface area (Å²) >= 11 is 0. The number of carbonyl (C=O) groups is 1. The second-order valence-corrected chi connectivity index (χ2v) is 4.00. The lowest BCUT2D eigenvalue weighted by Crippen LogP contribution is -2.34. The van der Waals surface area contributed by atoms with E-state index in [4.69, 9.17) is 0 Å². The van der Waals surface area contributed by atoms with Crippen molar-refractivity contribution in [3.63, 3.8) is 0 Å². The zero-order valence-corrected chi connectivity index (χ0v) is 9.28. The van der Waals surface area contributed by atoms with Gasteiger partial charge in [0.05, 0.1) is 5.69 Å². The minimum atomic E-state index is 0.694. The number of anilines is 2. The first kappa shape index (κ1) is 11.0. The molecule has 0 radical (unpaired) electrons. The molecule has 1 saturated heterocycles. The van der Waals surface area contributed by atoms with Crippen molar-refractivity contribution in [2.45, 2.75) is 19.3 Å². The van der Waals surface area contributed by atoms with Gasteiger partial charge in [0.15, 0.2) is 0 Å². The van der Waals surface area contributed by atoms with Crippen molar-refractivity contribution in [2.24, 2.45) is 0 Å². The highest BCUT2D eigenvalue weighted by atomic mass is 16.1. The van der Waals surface area contributed by atoms with E-state index >= 15 is 0 Å². The first-order valence-electron chi connectivity index (χ1n) is 5.70. The molecule has 16 heavy (non-hydrogen) atoms. The van der Waals surface area contributed by atoms with Crippen LogP contribution >= 0.6 is 0 Å². The molecular weight excluding hydrogens is 202 g/mol. The smallest absolute Gasteiger partial charge is 0.211 e. The maximum atomic E-state index is 10.3. The third-order valence-electron chi connectivity index (χ3n) is 2.73. The van der Waals surface area contributed by atoms with Crippen molar-refractivity contribution in [3.05, 3.63) is 24.3 Å². The van der Waals surface area contributed by atoms with Crippen LogP contribution in [0.2, 0.25) is 0 Å². The molecule has 4 heteroatoms. The van der Waals surface area contributed by atoms with Gasteiger partial charge in [0.1, 0.15) is 0 Å². The van der Waals surface area contributed by atoms with E-state index in [0.717, 1.165) is 24.5 Å². The lowest BCUT2D eigenvalue weighted by atomic mass is 10.2. The summed E-state index contributed by atoms with van der Waals surface area (Å²) in [6.07, 6.45) is 4.52. The van der Waals surface area contributed by atoms with Gasteiger partial charge in [-0.15, -0.1) is 0 Å². The third kappa shape index (κ3) is 2.97. The van der Waals surface area contributed by atoms with Gasteiger partial charge in [0, 0.05) is 18.8 Å². The van der Waals surface area contributed by atoms with Gasteiger partial charge in [-0.1, -0.05) is 12.5 Å². The predicted octanol–water partition coefficient (Wildman–Crippen LogP) is 2.07. The number of hydrazine groups is 1. The SMILES string of the molecule is O=CNc1cccc(NN2CCCCC2)c1. The van der Waals surface area contributed by atoms with Crippen molar-refractivity contribution in [1.29, 1.82) is 0 Å². The lowest BCUT2D eigenvalue weighted by Gasteiger charge is -2.28. The zero-order chi connectivity index (χ0) is 11.2. The van der Waals surface area contributed by atoms with E-state index in [9.17, 15) is 4.79 Å². The lowest BCUT2D eigenvalue weighted by molar-refractivity contribution is -0.105. The van der Waals surface area contributed by atoms with Crippen LogP contribution in [0.25, 0.3) is 0 Å². The van der Waals surface area contributed by atoms with E-state index in [1.54, 1.807) is 0 Å². The molecule has 0 aliphatic carbocycles. The van der Waals surface area contributed by atoms with E-state index in [1.807, 2.05) is 24.3 Å². The summed E-state index contributed by atoms with van der Waals surface area (Å²) in [4.78, 5) is 10.3. The summed E-state index contributed by atoms with van der Waals surface area (Å²) in [5.41, 5.74) is 5.20. The Labute approximate surface area is 95.6 Å². The Hall–Kier alpha value is -1.55. The van der Waals surface area contributed by atoms with Gasteiger partial charge in [-0.3, -0.25) is 4.79 Å². The Morgan fingerprint density at radius 3 is 2.62 bits per heavy atom. The predicted molar refractivity (Wildman–Crippen MR) is 65.2 cm³/mol. The standard InChI is InChI=1S/C12H17N3O/c16-10-13-11-5-4-6-12(9-11)14-15-7-2-1-3-8-15/h4-6,9-10,14H,1-3,7-8H2,(H,13,16). The fraction of sp³-hybridized carbons (Fsp3) is 0.417. The maximum Gasteiger partial charge on any atom is 0.211 e. The van der Waals surface area contributed by atoms with E-state index < -0.39 is 0 Å². The third-order valence-corrected chi connectivity index (χ3v) is 2.73. The van der Waals surface area contributed by atoms with Gasteiger partial charge >= 0.3 is 0 Å². The second-order valence-electron chi connectivity index (χ2n) is 4.00. The number of nitrogens with zero attached hydrogens (tertiary/aromatic N) is 1. The molecule has 4 nitrogen and oxygen atoms in total. The Balaban J connectivity index is 1.97. The quantitative estimate of drug-likeness (QED) is 0.762. The van der Waals surface area contributed by atoms with Crippen molar-refractivity contribution in [2.75, 3.05) is 23.8 Å². The van der Waals surface area contributed by atoms with Crippen molar-refractivity contribution in [3.8, 4) is 0 Å². The van der Waals surface area contributed by atoms with E-state index in [0.29, 0.717) is 6.41 Å². The highest BCUT2D eigenvalue weighted by Gasteiger charge is 2.09. The number of rotatable bonds is 4. The highest BCUT2D eigenvalue weighted by Crippen LogP contribution is 2.17. The van der Waals surface area contributed by atoms with Crippen LogP contribution in [-0.4, -0.2) is 24.5 Å². The number of hydrogen-bond acceptors (Lipinski definition) is 3. The highest BCUT2D eigenvalue weighted by molar-refractivity contribution is 5.73. The topological polar surface area (TPSA) is 44.4 Å². The van der Waals surface area contributed by atoms with Crippen LogP contribution in [0, 0.1) is 0 Å². The summed E-state index contributed by atoms with van der Waals surface area (Å²) in [7, 11) is 0. The van der Waals surface area contributed by atoms with Gasteiger partial charge in [0.25, 0.3) is 0 Å². The molecule has 2 N–H and O–H groups in total. The number of benzene rings is 1. The summed E-state index contributed by atoms with van der Waals surface area (Å²) in [5, 5.41) is 4.87. The molecule has 1 aromatic rings. The molecule has 0 bridgehead atoms. The Bertz CT molecular complexity index is 348. The molecule has 0 aromatic heterocycles. The van der Waals surface area contributed by atoms with Crippen LogP contribution in [0.1, 0.15) is 19.3 Å². The molecule has 2 rings (SSSR count). The van der Waals surface area contributed by atoms with Crippen LogP contribution in [0.4, 0.5) is 11.4 Å². The van der Waals surface area contributed by atoms with Crippen LogP contribution in [0.15, 0.2) is 24.3 Å². The van der Waals surface area contributed by atoms with Crippen LogP contribution < -0.4 is 10.7 Å². The minimum Gasteiger partial charge on any atom is -0.329 e. The molecule has 0 unspecified atom stereocenters. The summed E-state index contributed by atoms with van der Waals surface area (Å²) in [6, 6.07) is 7.74. The Morgan fingerprint density at radius 1 is 1.12 bits per heavy atom. The van der Waals surface area contributed by atoms with Crippen LogP contribution in [-0.2, 0) is 4.79 Å². The number of carbonyl (C=O) groups excluding carboxylic acids is 1. The van der Waals surface area contributed by atoms with E-state index in [2.05, 4.69) is 15.8 Å². The molecule has 1 aliphatic rings. The molecule has 1 amide bonds. The second kappa shape index (κ2) is 5.51. The monoisotopic (exact) mass is 219 g/mol. The fourth-order valence-corrected chi connectivity index (χ4v) is 1.93. The molecule has 0 atom stereocenters. The number of hydrogen-bond donors (Lipinski definition) is 2. The van der Waals surface area contributed by atoms with Gasteiger partial charge in [-0.2, -0.15) is 0 Å². The molecule has 1 aliphatic heterocycles. The van der Waals surface area contributed by atoms with Crippen LogP contribution in [0.5, 0.6) is 0 Å². The molecule has 1 aromatic carbocycles. The molecular formula is C12H17N3O. The van der Waals surface area contributed by atoms with Gasteiger partial charge in [-0.25, -0.2) is 5.01 Å². The fourth-order valence-electron chi connectivity index (χ4n) is 1.93. The Morgan fingerprint density at radius 2 is 1.88 bits per heavy atom.